The lowest BCUT2D eigenvalue weighted by Crippen LogP contribution is -2.27. The first-order valence-electron chi connectivity index (χ1n) is 4.59. The summed E-state index contributed by atoms with van der Waals surface area (Å²) in [4.78, 5) is 18.3. The van der Waals surface area contributed by atoms with Crippen LogP contribution in [0.1, 0.15) is 11.3 Å². The van der Waals surface area contributed by atoms with Crippen LogP contribution in [-0.2, 0) is 4.57 Å². The van der Waals surface area contributed by atoms with Crippen molar-refractivity contribution in [2.45, 2.75) is 5.78 Å². The molecule has 1 aromatic rings. The second kappa shape index (κ2) is 5.39. The molecule has 0 aliphatic carbocycles. The zero-order chi connectivity index (χ0) is 11.3. The maximum absolute atomic E-state index is 11.2. The van der Waals surface area contributed by atoms with Crippen LogP contribution in [0.3, 0.4) is 0 Å². The largest absolute Gasteiger partial charge is 0.346 e. The molecule has 0 saturated carbocycles. The van der Waals surface area contributed by atoms with E-state index in [-0.39, 0.29) is 0 Å². The molecule has 0 aromatic heterocycles. The summed E-state index contributed by atoms with van der Waals surface area (Å²) >= 11 is 0. The van der Waals surface area contributed by atoms with Gasteiger partial charge in [0.15, 0.2) is 0 Å². The second-order valence-electron chi connectivity index (χ2n) is 3.15. The van der Waals surface area contributed by atoms with Crippen LogP contribution in [0.2, 0.25) is 0 Å². The van der Waals surface area contributed by atoms with Crippen LogP contribution in [0.5, 0.6) is 0 Å². The van der Waals surface area contributed by atoms with Gasteiger partial charge in [-0.15, -0.1) is 0 Å². The first-order valence-corrected chi connectivity index (χ1v) is 6.27. The van der Waals surface area contributed by atoms with Crippen LogP contribution < -0.4 is 11.1 Å². The van der Waals surface area contributed by atoms with Crippen LogP contribution in [0.15, 0.2) is 30.3 Å². The molecule has 1 atom stereocenters. The molecule has 84 valence electrons. The van der Waals surface area contributed by atoms with Gasteiger partial charge in [0.2, 0.25) is 0 Å². The standard InChI is InChI=1S/C9H15N2O3P/c10-6-7-11-9(15(12,13)14)8-4-2-1-3-5-8/h1-5,9,11H,6-7,10H2,(H2,12,13,14). The molecule has 0 saturated heterocycles. The predicted octanol–water partition coefficient (Wildman–Crippen LogP) is 0.411. The number of rotatable bonds is 5. The summed E-state index contributed by atoms with van der Waals surface area (Å²) < 4.78 is 11.2. The molecule has 0 spiro atoms. The highest BCUT2D eigenvalue weighted by Crippen LogP contribution is 2.49. The number of nitrogens with one attached hydrogen (secondary N) is 1. The van der Waals surface area contributed by atoms with Gasteiger partial charge in [-0.05, 0) is 5.56 Å². The van der Waals surface area contributed by atoms with Crippen molar-refractivity contribution in [3.63, 3.8) is 0 Å². The van der Waals surface area contributed by atoms with Crippen molar-refractivity contribution >= 4 is 7.60 Å². The Kier molecular flexibility index (Phi) is 4.45. The molecule has 0 fully saturated rings. The monoisotopic (exact) mass is 230 g/mol. The Morgan fingerprint density at radius 3 is 2.40 bits per heavy atom. The van der Waals surface area contributed by atoms with Gasteiger partial charge >= 0.3 is 7.60 Å². The fourth-order valence-corrected chi connectivity index (χ4v) is 2.21. The summed E-state index contributed by atoms with van der Waals surface area (Å²) in [5, 5.41) is 2.74. The summed E-state index contributed by atoms with van der Waals surface area (Å²) in [7, 11) is -4.19. The number of nitrogens with two attached hydrogens (primary N) is 1. The van der Waals surface area contributed by atoms with E-state index in [4.69, 9.17) is 15.5 Å². The lowest BCUT2D eigenvalue weighted by molar-refractivity contribution is 0.348. The highest BCUT2D eigenvalue weighted by molar-refractivity contribution is 7.52. The molecule has 0 bridgehead atoms. The molecule has 0 aliphatic rings. The first kappa shape index (κ1) is 12.4. The molecule has 1 rings (SSSR count). The Hall–Kier alpha value is -0.710. The smallest absolute Gasteiger partial charge is 0.329 e. The molecule has 1 unspecified atom stereocenters. The zero-order valence-electron chi connectivity index (χ0n) is 8.21. The zero-order valence-corrected chi connectivity index (χ0v) is 9.10. The molecule has 0 aliphatic heterocycles. The second-order valence-corrected chi connectivity index (χ2v) is 4.84. The summed E-state index contributed by atoms with van der Waals surface area (Å²) in [6, 6.07) is 8.62. The molecule has 0 amide bonds. The van der Waals surface area contributed by atoms with Gasteiger partial charge in [-0.1, -0.05) is 30.3 Å². The lowest BCUT2D eigenvalue weighted by atomic mass is 10.2. The minimum absolute atomic E-state index is 0.337. The van der Waals surface area contributed by atoms with Crippen molar-refractivity contribution in [1.82, 2.24) is 5.32 Å². The highest BCUT2D eigenvalue weighted by Gasteiger charge is 2.29. The van der Waals surface area contributed by atoms with E-state index in [1.165, 1.54) is 0 Å². The SMILES string of the molecule is NCCNC(c1ccccc1)P(=O)(O)O. The van der Waals surface area contributed by atoms with E-state index in [0.717, 1.165) is 0 Å². The molecule has 0 heterocycles. The van der Waals surface area contributed by atoms with Gasteiger partial charge in [-0.2, -0.15) is 0 Å². The van der Waals surface area contributed by atoms with Crippen molar-refractivity contribution in [1.29, 1.82) is 0 Å². The van der Waals surface area contributed by atoms with Gasteiger partial charge in [-0.3, -0.25) is 9.88 Å². The Morgan fingerprint density at radius 1 is 1.33 bits per heavy atom. The van der Waals surface area contributed by atoms with Crippen LogP contribution >= 0.6 is 7.60 Å². The Balaban J connectivity index is 2.87. The summed E-state index contributed by atoms with van der Waals surface area (Å²) in [5.74, 6) is -0.970. The number of hydrogen-bond acceptors (Lipinski definition) is 3. The Morgan fingerprint density at radius 2 is 1.93 bits per heavy atom. The molecular formula is C9H15N2O3P. The van der Waals surface area contributed by atoms with Crippen molar-refractivity contribution in [2.24, 2.45) is 5.73 Å². The van der Waals surface area contributed by atoms with Crippen LogP contribution in [0.25, 0.3) is 0 Å². The molecule has 1 aromatic carbocycles. The fourth-order valence-electron chi connectivity index (χ4n) is 1.29. The van der Waals surface area contributed by atoms with Crippen LogP contribution in [0, 0.1) is 0 Å². The van der Waals surface area contributed by atoms with Crippen LogP contribution in [0.4, 0.5) is 0 Å². The maximum atomic E-state index is 11.2. The number of hydrogen-bond donors (Lipinski definition) is 4. The van der Waals surface area contributed by atoms with Gasteiger partial charge in [0.1, 0.15) is 5.78 Å². The van der Waals surface area contributed by atoms with Crippen molar-refractivity contribution < 1.29 is 14.4 Å². The predicted molar refractivity (Wildman–Crippen MR) is 58.3 cm³/mol. The first-order chi connectivity index (χ1) is 7.05. The minimum atomic E-state index is -4.19. The van der Waals surface area contributed by atoms with E-state index in [9.17, 15) is 4.57 Å². The Labute approximate surface area is 88.5 Å². The van der Waals surface area contributed by atoms with E-state index in [1.54, 1.807) is 30.3 Å². The quantitative estimate of drug-likeness (QED) is 0.549. The van der Waals surface area contributed by atoms with E-state index < -0.39 is 13.4 Å². The van der Waals surface area contributed by atoms with Gasteiger partial charge in [0.05, 0.1) is 0 Å². The van der Waals surface area contributed by atoms with E-state index in [0.29, 0.717) is 18.7 Å². The van der Waals surface area contributed by atoms with Gasteiger partial charge < -0.3 is 15.5 Å². The molecule has 6 heteroatoms. The molecular weight excluding hydrogens is 215 g/mol. The Bertz CT molecular complexity index is 338. The average Bonchev–Trinajstić information content (AvgIpc) is 2.18. The van der Waals surface area contributed by atoms with Crippen molar-refractivity contribution in [3.05, 3.63) is 35.9 Å². The maximum Gasteiger partial charge on any atom is 0.346 e. The molecule has 0 radical (unpaired) electrons. The van der Waals surface area contributed by atoms with E-state index in [1.807, 2.05) is 0 Å². The minimum Gasteiger partial charge on any atom is -0.329 e. The third-order valence-electron chi connectivity index (χ3n) is 1.93. The third-order valence-corrected chi connectivity index (χ3v) is 3.09. The van der Waals surface area contributed by atoms with E-state index in [2.05, 4.69) is 5.32 Å². The normalized spacial score (nSPS) is 13.8. The fraction of sp³-hybridized carbons (Fsp3) is 0.333. The molecule has 15 heavy (non-hydrogen) atoms. The summed E-state index contributed by atoms with van der Waals surface area (Å²) in [5.41, 5.74) is 5.85. The van der Waals surface area contributed by atoms with Gasteiger partial charge in [0, 0.05) is 13.1 Å². The summed E-state index contributed by atoms with van der Waals surface area (Å²) in [6.07, 6.45) is 0. The van der Waals surface area contributed by atoms with Crippen molar-refractivity contribution in [2.75, 3.05) is 13.1 Å². The van der Waals surface area contributed by atoms with Crippen molar-refractivity contribution in [3.8, 4) is 0 Å². The van der Waals surface area contributed by atoms with Gasteiger partial charge in [-0.25, -0.2) is 0 Å². The van der Waals surface area contributed by atoms with E-state index >= 15 is 0 Å². The average molecular weight is 230 g/mol. The molecule has 5 N–H and O–H groups in total. The highest BCUT2D eigenvalue weighted by atomic mass is 31.2. The van der Waals surface area contributed by atoms with Crippen LogP contribution in [-0.4, -0.2) is 22.9 Å². The molecule has 5 nitrogen and oxygen atoms in total. The lowest BCUT2D eigenvalue weighted by Gasteiger charge is -2.19. The van der Waals surface area contributed by atoms with Gasteiger partial charge in [0.25, 0.3) is 0 Å². The summed E-state index contributed by atoms with van der Waals surface area (Å²) in [6.45, 7) is 0.702. The third kappa shape index (κ3) is 3.74. The number of benzene rings is 1. The topological polar surface area (TPSA) is 95.6 Å².